The van der Waals surface area contributed by atoms with Crippen LogP contribution in [0.25, 0.3) is 0 Å². The van der Waals surface area contributed by atoms with E-state index < -0.39 is 24.8 Å². The molecule has 0 aromatic carbocycles. The largest absolute Gasteiger partial charge is 0.502 e. The molecule has 4 aliphatic rings. The fraction of sp³-hybridized carbons (Fsp3) is 0.607. The highest BCUT2D eigenvalue weighted by molar-refractivity contribution is 5.95. The number of likely N-dealkylation sites (tertiary alicyclic amines) is 1. The van der Waals surface area contributed by atoms with Gasteiger partial charge in [0.05, 0.1) is 51.2 Å². The standard InChI is InChI=1S/C38H51F3N6O5.C7H14.C6H13N.C3H8.C2H6/c1-28(14-16-32(26-51-5)43-19-11-13-34-17-15-31(42)12-7-9-20-47(34)27-38(39,40)41)37(50)44-18-8-6-10-21-52-30(3)23-35-29(2)22-33(25-48)45-36(49)24-46(35)4;1-2-4-6-7-5-3-1;1-7-5-3-2-4-6-7;1-3-2;1-2/h7,9,12,14-16,20,23,26,33-34,43,48H,1-3,6,8,10,17-19,21-22,24-25,27,42H2,4-5H3,(H,44,50)(H,45,49);1-7H2;2-6H2,1H3;3H2,1-2H3;1-2H3/b12-7-,16-14-,20-9+,31-15-,32-26-,35-23+;;;;. The van der Waals surface area contributed by atoms with E-state index in [0.717, 1.165) is 29.0 Å². The van der Waals surface area contributed by atoms with E-state index in [1.54, 1.807) is 42.3 Å². The van der Waals surface area contributed by atoms with Crippen LogP contribution in [-0.2, 0) is 19.1 Å². The Hall–Kier alpha value is -5.33. The first-order valence-corrected chi connectivity index (χ1v) is 25.8. The third kappa shape index (κ3) is 34.6. The molecule has 2 atom stereocenters. The summed E-state index contributed by atoms with van der Waals surface area (Å²) in [7, 11) is 5.42. The summed E-state index contributed by atoms with van der Waals surface area (Å²) in [5.74, 6) is 5.65. The number of unbranched alkanes of at least 4 members (excludes halogenated alkanes) is 2. The van der Waals surface area contributed by atoms with Crippen molar-refractivity contribution < 1.29 is 37.3 Å². The monoisotopic (exact) mass is 1000 g/mol. The zero-order valence-corrected chi connectivity index (χ0v) is 44.6. The van der Waals surface area contributed by atoms with E-state index in [0.29, 0.717) is 43.1 Å². The number of aliphatic hydroxyl groups is 1. The molecular formula is C56H92F3N7O5. The van der Waals surface area contributed by atoms with Crippen LogP contribution in [0.3, 0.4) is 0 Å². The number of hydrogen-bond donors (Lipinski definition) is 5. The first-order chi connectivity index (χ1) is 34.0. The number of allylic oxidation sites excluding steroid dienone is 6. The first-order valence-electron chi connectivity index (χ1n) is 25.8. The van der Waals surface area contributed by atoms with Crippen LogP contribution in [-0.4, -0.2) is 124 Å². The van der Waals surface area contributed by atoms with Gasteiger partial charge >= 0.3 is 6.18 Å². The number of piperidine rings is 1. The first kappa shape index (κ1) is 65.7. The van der Waals surface area contributed by atoms with Gasteiger partial charge in [-0.3, -0.25) is 9.59 Å². The molecule has 0 radical (unpaired) electrons. The second-order valence-corrected chi connectivity index (χ2v) is 17.6. The van der Waals surface area contributed by atoms with E-state index >= 15 is 0 Å². The van der Waals surface area contributed by atoms with Crippen molar-refractivity contribution >= 4 is 11.8 Å². The Morgan fingerprint density at radius 2 is 1.59 bits per heavy atom. The summed E-state index contributed by atoms with van der Waals surface area (Å²) in [5.41, 5.74) is 8.47. The predicted octanol–water partition coefficient (Wildman–Crippen LogP) is 10.1. The number of amides is 2. The Bertz CT molecular complexity index is 1770. The molecule has 3 heterocycles. The predicted molar refractivity (Wildman–Crippen MR) is 287 cm³/mol. The second kappa shape index (κ2) is 41.3. The molecule has 2 saturated heterocycles. The minimum atomic E-state index is -4.41. The zero-order valence-electron chi connectivity index (χ0n) is 44.6. The smallest absolute Gasteiger partial charge is 0.405 e. The molecule has 71 heavy (non-hydrogen) atoms. The fourth-order valence-corrected chi connectivity index (χ4v) is 7.27. The normalized spacial score (nSPS) is 21.0. The minimum Gasteiger partial charge on any atom is -0.502 e. The zero-order chi connectivity index (χ0) is 53.3. The highest BCUT2D eigenvalue weighted by atomic mass is 19.4. The maximum Gasteiger partial charge on any atom is 0.405 e. The summed E-state index contributed by atoms with van der Waals surface area (Å²) in [5, 5.41) is 18.1. The maximum absolute atomic E-state index is 13.2. The van der Waals surface area contributed by atoms with Gasteiger partial charge in [-0.05, 0) is 95.0 Å². The topological polar surface area (TPSA) is 145 Å². The van der Waals surface area contributed by atoms with Crippen molar-refractivity contribution in [1.82, 2.24) is 30.7 Å². The number of nitrogens with one attached hydrogen (secondary N) is 3. The number of hydrogen-bond acceptors (Lipinski definition) is 10. The number of carbonyl (C=O) groups excluding carboxylic acids is 2. The highest BCUT2D eigenvalue weighted by Crippen LogP contribution is 2.23. The molecule has 3 aliphatic heterocycles. The van der Waals surface area contributed by atoms with E-state index in [1.807, 2.05) is 13.8 Å². The lowest BCUT2D eigenvalue weighted by Gasteiger charge is -2.30. The maximum atomic E-state index is 13.2. The van der Waals surface area contributed by atoms with Gasteiger partial charge in [0, 0.05) is 42.8 Å². The number of nitrogens with zero attached hydrogens (tertiary/aromatic N) is 3. The van der Waals surface area contributed by atoms with Crippen molar-refractivity contribution in [3.63, 3.8) is 0 Å². The number of rotatable bonds is 16. The van der Waals surface area contributed by atoms with E-state index in [4.69, 9.17) is 15.2 Å². The number of aliphatic hydroxyl groups excluding tert-OH is 1. The van der Waals surface area contributed by atoms with Gasteiger partial charge in [-0.2, -0.15) is 13.2 Å². The molecule has 1 aliphatic carbocycles. The van der Waals surface area contributed by atoms with Gasteiger partial charge in [0.25, 0.3) is 5.91 Å². The minimum absolute atomic E-state index is 0.0976. The lowest BCUT2D eigenvalue weighted by atomic mass is 10.0. The van der Waals surface area contributed by atoms with E-state index in [1.165, 1.54) is 115 Å². The molecule has 2 unspecified atom stereocenters. The summed E-state index contributed by atoms with van der Waals surface area (Å²) < 4.78 is 50.5. The van der Waals surface area contributed by atoms with Gasteiger partial charge in [0.2, 0.25) is 5.91 Å². The second-order valence-electron chi connectivity index (χ2n) is 17.6. The molecule has 402 valence electrons. The molecule has 2 amide bonds. The molecule has 0 bridgehead atoms. The summed E-state index contributed by atoms with van der Waals surface area (Å²) in [6, 6.07) is -1.15. The van der Waals surface area contributed by atoms with E-state index in [9.17, 15) is 27.9 Å². The number of alkyl halides is 3. The van der Waals surface area contributed by atoms with Crippen LogP contribution in [0.4, 0.5) is 13.2 Å². The Morgan fingerprint density at radius 3 is 2.15 bits per heavy atom. The summed E-state index contributed by atoms with van der Waals surface area (Å²) in [6.45, 7) is 22.5. The number of nitrogens with two attached hydrogens (primary N) is 1. The molecule has 6 N–H and O–H groups in total. The van der Waals surface area contributed by atoms with Crippen molar-refractivity contribution in [1.29, 1.82) is 0 Å². The Balaban J connectivity index is 0.00000214. The fourth-order valence-electron chi connectivity index (χ4n) is 7.27. The number of ether oxygens (including phenoxy) is 2. The quantitative estimate of drug-likeness (QED) is 0.0253. The average Bonchev–Trinajstić information content (AvgIpc) is 3.63. The third-order valence-electron chi connectivity index (χ3n) is 10.9. The van der Waals surface area contributed by atoms with Crippen molar-refractivity contribution in [3.05, 3.63) is 109 Å². The van der Waals surface area contributed by atoms with E-state index in [-0.39, 0.29) is 43.5 Å². The molecule has 0 aromatic heterocycles. The van der Waals surface area contributed by atoms with Crippen LogP contribution >= 0.6 is 0 Å². The Labute approximate surface area is 427 Å². The lowest BCUT2D eigenvalue weighted by molar-refractivity contribution is -0.142. The molecule has 15 heteroatoms. The van der Waals surface area contributed by atoms with Gasteiger partial charge in [0.15, 0.2) is 0 Å². The summed E-state index contributed by atoms with van der Waals surface area (Å²) in [6.07, 6.45) is 28.3. The van der Waals surface area contributed by atoms with Gasteiger partial charge in [0.1, 0.15) is 18.6 Å². The van der Waals surface area contributed by atoms with Crippen LogP contribution in [0.5, 0.6) is 0 Å². The van der Waals surface area contributed by atoms with Crippen molar-refractivity contribution in [2.75, 3.05) is 73.7 Å². The number of carbonyl (C=O) groups is 2. The van der Waals surface area contributed by atoms with Gasteiger partial charge in [-0.15, -0.1) is 0 Å². The molecule has 0 spiro atoms. The SMILES string of the molecule is C1CCCCCC1.C=C(/C=C1\C(=C)CC(CO)NC(=O)CN1C)OCCCCCNC(=O)C(=C)/C=C\C(=C\OC)NCC#CC1C/C=C(N)/C=C\C=C\N1CC(F)(F)F.CC.CCC.CN1CCCCC1. The average molecular weight is 1000 g/mol. The molecule has 0 aromatic rings. The number of likely N-dealkylation sites (N-methyl/N-ethyl adjacent to an activating group) is 1. The van der Waals surface area contributed by atoms with Crippen molar-refractivity contribution in [2.45, 2.75) is 149 Å². The van der Waals surface area contributed by atoms with Gasteiger partial charge < -0.3 is 51.0 Å². The molecule has 12 nitrogen and oxygen atoms in total. The van der Waals surface area contributed by atoms with Crippen LogP contribution in [0, 0.1) is 11.8 Å². The van der Waals surface area contributed by atoms with Gasteiger partial charge in [-0.1, -0.05) is 129 Å². The lowest BCUT2D eigenvalue weighted by Crippen LogP contribution is -2.45. The summed E-state index contributed by atoms with van der Waals surface area (Å²) in [4.78, 5) is 29.9. The van der Waals surface area contributed by atoms with Crippen LogP contribution in [0.1, 0.15) is 130 Å². The Morgan fingerprint density at radius 1 is 0.972 bits per heavy atom. The van der Waals surface area contributed by atoms with Crippen LogP contribution < -0.4 is 21.7 Å². The third-order valence-corrected chi connectivity index (χ3v) is 10.9. The molecule has 3 fully saturated rings. The molecule has 1 saturated carbocycles. The molecular weight excluding hydrogens is 908 g/mol. The highest BCUT2D eigenvalue weighted by Gasteiger charge is 2.32. The summed E-state index contributed by atoms with van der Waals surface area (Å²) >= 11 is 0. The van der Waals surface area contributed by atoms with Crippen LogP contribution in [0.15, 0.2) is 109 Å². The van der Waals surface area contributed by atoms with Gasteiger partial charge in [-0.25, -0.2) is 0 Å². The van der Waals surface area contributed by atoms with E-state index in [2.05, 4.69) is 73.3 Å². The number of methoxy groups -OCH3 is 1. The van der Waals surface area contributed by atoms with Crippen molar-refractivity contribution in [2.24, 2.45) is 5.73 Å². The molecule has 4 rings (SSSR count). The number of halogens is 3. The van der Waals surface area contributed by atoms with Crippen molar-refractivity contribution in [3.8, 4) is 11.8 Å². The van der Waals surface area contributed by atoms with Crippen LogP contribution in [0.2, 0.25) is 0 Å². The Kier molecular flexibility index (Phi) is 38.2.